The molecule has 0 unspecified atom stereocenters. The molecule has 0 fully saturated rings. The highest BCUT2D eigenvalue weighted by Crippen LogP contribution is 2.34. The van der Waals surface area contributed by atoms with Gasteiger partial charge in [-0.2, -0.15) is 0 Å². The number of nitrogens with zero attached hydrogens (tertiary/aromatic N) is 3. The Morgan fingerprint density at radius 2 is 2.03 bits per heavy atom. The maximum absolute atomic E-state index is 14.0. The first-order chi connectivity index (χ1) is 14.0. The van der Waals surface area contributed by atoms with Crippen molar-refractivity contribution in [2.45, 2.75) is 18.1 Å². The molecule has 29 heavy (non-hydrogen) atoms. The molecule has 0 aliphatic carbocycles. The molecule has 0 saturated heterocycles. The summed E-state index contributed by atoms with van der Waals surface area (Å²) < 4.78 is 26.4. The van der Waals surface area contributed by atoms with E-state index in [1.807, 2.05) is 25.1 Å². The molecule has 4 rings (SSSR count). The highest BCUT2D eigenvalue weighted by molar-refractivity contribution is 7.99. The van der Waals surface area contributed by atoms with E-state index in [9.17, 15) is 9.18 Å². The van der Waals surface area contributed by atoms with E-state index >= 15 is 0 Å². The predicted octanol–water partition coefficient (Wildman–Crippen LogP) is 3.32. The molecule has 1 amide bonds. The Bertz CT molecular complexity index is 1060. The predicted molar refractivity (Wildman–Crippen MR) is 106 cm³/mol. The molecule has 1 aromatic heterocycles. The Labute approximate surface area is 171 Å². The normalized spacial score (nSPS) is 13.3. The van der Waals surface area contributed by atoms with Crippen molar-refractivity contribution in [3.8, 4) is 22.9 Å². The van der Waals surface area contributed by atoms with Gasteiger partial charge in [0, 0.05) is 7.05 Å². The lowest BCUT2D eigenvalue weighted by Crippen LogP contribution is -2.28. The Balaban J connectivity index is 1.37. The van der Waals surface area contributed by atoms with Crippen LogP contribution >= 0.6 is 11.8 Å². The molecule has 7 nitrogen and oxygen atoms in total. The first-order valence-corrected chi connectivity index (χ1v) is 9.97. The van der Waals surface area contributed by atoms with Gasteiger partial charge in [-0.15, -0.1) is 10.2 Å². The van der Waals surface area contributed by atoms with E-state index in [0.717, 1.165) is 5.56 Å². The fourth-order valence-corrected chi connectivity index (χ4v) is 3.72. The van der Waals surface area contributed by atoms with Gasteiger partial charge in [-0.3, -0.25) is 4.79 Å². The number of hydrogen-bond donors (Lipinski definition) is 1. The van der Waals surface area contributed by atoms with Crippen LogP contribution in [-0.2, 0) is 11.8 Å². The third-order valence-electron chi connectivity index (χ3n) is 4.56. The van der Waals surface area contributed by atoms with Gasteiger partial charge in [-0.1, -0.05) is 30.0 Å². The molecule has 0 radical (unpaired) electrons. The van der Waals surface area contributed by atoms with Crippen molar-refractivity contribution in [3.05, 3.63) is 53.8 Å². The smallest absolute Gasteiger partial charge is 0.231 e. The molecular weight excluding hydrogens is 395 g/mol. The second kappa shape index (κ2) is 8.12. The fraction of sp³-hybridized carbons (Fsp3) is 0.250. The average Bonchev–Trinajstić information content (AvgIpc) is 3.32. The molecule has 1 aliphatic rings. The van der Waals surface area contributed by atoms with Gasteiger partial charge in [-0.25, -0.2) is 4.39 Å². The maximum atomic E-state index is 14.0. The highest BCUT2D eigenvalue weighted by atomic mass is 32.2. The van der Waals surface area contributed by atoms with Crippen LogP contribution in [0.2, 0.25) is 0 Å². The number of hydrogen-bond acceptors (Lipinski definition) is 6. The monoisotopic (exact) mass is 414 g/mol. The Morgan fingerprint density at radius 3 is 2.86 bits per heavy atom. The zero-order chi connectivity index (χ0) is 20.4. The molecule has 0 saturated carbocycles. The molecule has 2 aromatic carbocycles. The van der Waals surface area contributed by atoms with Gasteiger partial charge in [0.15, 0.2) is 22.5 Å². The summed E-state index contributed by atoms with van der Waals surface area (Å²) in [6.07, 6.45) is 0. The van der Waals surface area contributed by atoms with E-state index in [1.54, 1.807) is 29.8 Å². The Hall–Kier alpha value is -3.07. The standard InChI is InChI=1S/C20H19FN4O3S/c1-12(13-7-8-16-17(9-13)28-11-27-16)22-18(26)10-29-20-24-23-19(25(20)2)14-5-3-4-6-15(14)21/h3-9,12H,10-11H2,1-2H3,(H,22,26)/t12-/m0/s1. The number of carbonyl (C=O) groups excluding carboxylic acids is 1. The third kappa shape index (κ3) is 4.04. The molecule has 1 N–H and O–H groups in total. The van der Waals surface area contributed by atoms with E-state index in [2.05, 4.69) is 15.5 Å². The van der Waals surface area contributed by atoms with Crippen LogP contribution in [0.25, 0.3) is 11.4 Å². The van der Waals surface area contributed by atoms with Gasteiger partial charge < -0.3 is 19.4 Å². The minimum atomic E-state index is -0.366. The van der Waals surface area contributed by atoms with Crippen LogP contribution < -0.4 is 14.8 Å². The van der Waals surface area contributed by atoms with Crippen LogP contribution in [-0.4, -0.2) is 33.2 Å². The van der Waals surface area contributed by atoms with E-state index in [1.165, 1.54) is 17.8 Å². The fourth-order valence-electron chi connectivity index (χ4n) is 3.00. The average molecular weight is 414 g/mol. The number of amides is 1. The zero-order valence-electron chi connectivity index (χ0n) is 15.9. The number of rotatable bonds is 6. The molecule has 0 bridgehead atoms. The number of halogens is 1. The lowest BCUT2D eigenvalue weighted by molar-refractivity contribution is -0.119. The minimum absolute atomic E-state index is 0.143. The van der Waals surface area contributed by atoms with Gasteiger partial charge in [-0.05, 0) is 36.8 Å². The molecule has 1 aliphatic heterocycles. The van der Waals surface area contributed by atoms with Gasteiger partial charge >= 0.3 is 0 Å². The summed E-state index contributed by atoms with van der Waals surface area (Å²) in [7, 11) is 1.75. The number of aromatic nitrogens is 3. The minimum Gasteiger partial charge on any atom is -0.454 e. The number of carbonyl (C=O) groups is 1. The highest BCUT2D eigenvalue weighted by Gasteiger charge is 2.18. The molecule has 150 valence electrons. The van der Waals surface area contributed by atoms with Gasteiger partial charge in [0.1, 0.15) is 5.82 Å². The van der Waals surface area contributed by atoms with E-state index in [0.29, 0.717) is 28.0 Å². The molecule has 2 heterocycles. The van der Waals surface area contributed by atoms with Crippen LogP contribution in [0.15, 0.2) is 47.6 Å². The second-order valence-electron chi connectivity index (χ2n) is 6.54. The topological polar surface area (TPSA) is 78.3 Å². The summed E-state index contributed by atoms with van der Waals surface area (Å²) in [5.41, 5.74) is 1.29. The van der Waals surface area contributed by atoms with Crippen LogP contribution in [0.3, 0.4) is 0 Å². The third-order valence-corrected chi connectivity index (χ3v) is 5.58. The molecule has 0 spiro atoms. The number of nitrogens with one attached hydrogen (secondary N) is 1. The Morgan fingerprint density at radius 1 is 1.24 bits per heavy atom. The number of thioether (sulfide) groups is 1. The molecule has 3 aromatic rings. The van der Waals surface area contributed by atoms with E-state index in [-0.39, 0.29) is 30.3 Å². The summed E-state index contributed by atoms with van der Waals surface area (Å²) in [6, 6.07) is 11.8. The van der Waals surface area contributed by atoms with Gasteiger partial charge in [0.25, 0.3) is 0 Å². The summed E-state index contributed by atoms with van der Waals surface area (Å²) in [4.78, 5) is 12.4. The van der Waals surface area contributed by atoms with E-state index in [4.69, 9.17) is 9.47 Å². The first-order valence-electron chi connectivity index (χ1n) is 8.99. The van der Waals surface area contributed by atoms with Crippen LogP contribution in [0.4, 0.5) is 4.39 Å². The maximum Gasteiger partial charge on any atom is 0.231 e. The van der Waals surface area contributed by atoms with Crippen molar-refractivity contribution in [2.75, 3.05) is 12.5 Å². The summed E-state index contributed by atoms with van der Waals surface area (Å²) in [5.74, 6) is 1.46. The van der Waals surface area contributed by atoms with E-state index < -0.39 is 0 Å². The first kappa shape index (κ1) is 19.3. The quantitative estimate of drug-likeness (QED) is 0.624. The van der Waals surface area contributed by atoms with Crippen molar-refractivity contribution in [2.24, 2.45) is 7.05 Å². The largest absolute Gasteiger partial charge is 0.454 e. The van der Waals surface area contributed by atoms with Gasteiger partial charge in [0.2, 0.25) is 12.7 Å². The SMILES string of the molecule is C[C@H](NC(=O)CSc1nnc(-c2ccccc2F)n1C)c1ccc2c(c1)OCO2. The lowest BCUT2D eigenvalue weighted by atomic mass is 10.1. The molecular formula is C20H19FN4O3S. The number of fused-ring (bicyclic) bond motifs is 1. The van der Waals surface area contributed by atoms with Crippen LogP contribution in [0.5, 0.6) is 11.5 Å². The summed E-state index contributed by atoms with van der Waals surface area (Å²) >= 11 is 1.24. The van der Waals surface area contributed by atoms with Crippen LogP contribution in [0.1, 0.15) is 18.5 Å². The molecule has 9 heteroatoms. The van der Waals surface area contributed by atoms with Crippen molar-refractivity contribution >= 4 is 17.7 Å². The van der Waals surface area contributed by atoms with Gasteiger partial charge in [0.05, 0.1) is 17.4 Å². The van der Waals surface area contributed by atoms with Crippen molar-refractivity contribution in [3.63, 3.8) is 0 Å². The van der Waals surface area contributed by atoms with Crippen molar-refractivity contribution in [1.29, 1.82) is 0 Å². The summed E-state index contributed by atoms with van der Waals surface area (Å²) in [5, 5.41) is 11.6. The molecule has 1 atom stereocenters. The zero-order valence-corrected chi connectivity index (χ0v) is 16.7. The number of benzene rings is 2. The van der Waals surface area contributed by atoms with Crippen molar-refractivity contribution < 1.29 is 18.7 Å². The Kier molecular flexibility index (Phi) is 5.39. The number of ether oxygens (including phenoxy) is 2. The summed E-state index contributed by atoms with van der Waals surface area (Å²) in [6.45, 7) is 2.11. The van der Waals surface area contributed by atoms with Crippen LogP contribution in [0, 0.1) is 5.82 Å². The second-order valence-corrected chi connectivity index (χ2v) is 7.48. The van der Waals surface area contributed by atoms with Crippen molar-refractivity contribution in [1.82, 2.24) is 20.1 Å². The lowest BCUT2D eigenvalue weighted by Gasteiger charge is -2.14.